The smallest absolute Gasteiger partial charge is 0.237 e. The molecule has 19 heavy (non-hydrogen) atoms. The van der Waals surface area contributed by atoms with Gasteiger partial charge in [-0.15, -0.1) is 0 Å². The second-order valence-corrected chi connectivity index (χ2v) is 5.01. The molecule has 0 radical (unpaired) electrons. The summed E-state index contributed by atoms with van der Waals surface area (Å²) >= 11 is 0. The number of nitrogens with two attached hydrogens (primary N) is 1. The van der Waals surface area contributed by atoms with Crippen molar-refractivity contribution in [3.05, 3.63) is 35.9 Å². The number of carbonyl (C=O) groups excluding carboxylic acids is 1. The molecule has 4 heteroatoms. The van der Waals surface area contributed by atoms with Gasteiger partial charge < -0.3 is 15.8 Å². The van der Waals surface area contributed by atoms with Gasteiger partial charge in [0.1, 0.15) is 0 Å². The van der Waals surface area contributed by atoms with Gasteiger partial charge in [-0.25, -0.2) is 0 Å². The number of carbonyl (C=O) groups is 1. The fourth-order valence-corrected chi connectivity index (χ4v) is 2.32. The highest BCUT2D eigenvalue weighted by molar-refractivity contribution is 5.81. The first-order valence-corrected chi connectivity index (χ1v) is 6.94. The van der Waals surface area contributed by atoms with Crippen LogP contribution < -0.4 is 11.1 Å². The van der Waals surface area contributed by atoms with Crippen molar-refractivity contribution < 1.29 is 9.53 Å². The van der Waals surface area contributed by atoms with E-state index in [9.17, 15) is 4.79 Å². The van der Waals surface area contributed by atoms with Crippen LogP contribution in [0.5, 0.6) is 0 Å². The molecular weight excluding hydrogens is 240 g/mol. The number of benzene rings is 1. The van der Waals surface area contributed by atoms with Crippen LogP contribution in [0.4, 0.5) is 0 Å². The van der Waals surface area contributed by atoms with Gasteiger partial charge in [-0.05, 0) is 31.2 Å². The quantitative estimate of drug-likeness (QED) is 0.810. The Morgan fingerprint density at radius 2 is 2.21 bits per heavy atom. The van der Waals surface area contributed by atoms with Crippen molar-refractivity contribution in [2.75, 3.05) is 13.2 Å². The minimum absolute atomic E-state index is 0.0816. The summed E-state index contributed by atoms with van der Waals surface area (Å²) in [6.45, 7) is 1.50. The molecule has 2 rings (SSSR count). The van der Waals surface area contributed by atoms with Crippen LogP contribution in [0, 0.1) is 0 Å². The molecule has 1 aliphatic rings. The third-order valence-corrected chi connectivity index (χ3v) is 3.42. The van der Waals surface area contributed by atoms with Gasteiger partial charge in [0, 0.05) is 13.2 Å². The van der Waals surface area contributed by atoms with Crippen molar-refractivity contribution in [3.63, 3.8) is 0 Å². The highest BCUT2D eigenvalue weighted by Crippen LogP contribution is 2.14. The number of amides is 1. The molecule has 0 aliphatic carbocycles. The second-order valence-electron chi connectivity index (χ2n) is 5.01. The lowest BCUT2D eigenvalue weighted by Crippen LogP contribution is -2.42. The maximum absolute atomic E-state index is 11.8. The van der Waals surface area contributed by atoms with Crippen LogP contribution in [0.2, 0.25) is 0 Å². The van der Waals surface area contributed by atoms with Crippen molar-refractivity contribution in [1.82, 2.24) is 5.32 Å². The van der Waals surface area contributed by atoms with E-state index in [1.165, 1.54) is 0 Å². The number of nitrogens with one attached hydrogen (secondary N) is 1. The Morgan fingerprint density at radius 1 is 1.42 bits per heavy atom. The van der Waals surface area contributed by atoms with Crippen LogP contribution in [0.3, 0.4) is 0 Å². The topological polar surface area (TPSA) is 64.4 Å². The Kier molecular flexibility index (Phi) is 5.36. The molecule has 1 saturated heterocycles. The zero-order chi connectivity index (χ0) is 13.5. The molecule has 0 aromatic heterocycles. The molecule has 0 saturated carbocycles. The zero-order valence-corrected chi connectivity index (χ0v) is 11.2. The summed E-state index contributed by atoms with van der Waals surface area (Å²) in [5, 5.41) is 2.89. The molecule has 4 nitrogen and oxygen atoms in total. The molecular formula is C15H22N2O2. The van der Waals surface area contributed by atoms with E-state index in [4.69, 9.17) is 10.5 Å². The SMILES string of the molecule is N[C@H](Cc1ccccc1)C(=O)NCCC1CCCO1. The van der Waals surface area contributed by atoms with Crippen molar-refractivity contribution in [2.24, 2.45) is 5.73 Å². The molecule has 2 atom stereocenters. The summed E-state index contributed by atoms with van der Waals surface area (Å²) in [4.78, 5) is 11.8. The number of hydrogen-bond acceptors (Lipinski definition) is 3. The molecule has 1 aliphatic heterocycles. The first-order valence-electron chi connectivity index (χ1n) is 6.94. The van der Waals surface area contributed by atoms with E-state index in [-0.39, 0.29) is 5.91 Å². The number of ether oxygens (including phenoxy) is 1. The standard InChI is InChI=1S/C15H22N2O2/c16-14(11-12-5-2-1-3-6-12)15(18)17-9-8-13-7-4-10-19-13/h1-3,5-6,13-14H,4,7-11,16H2,(H,17,18)/t13?,14-/m1/s1. The van der Waals surface area contributed by atoms with Crippen LogP contribution in [0.25, 0.3) is 0 Å². The van der Waals surface area contributed by atoms with Gasteiger partial charge >= 0.3 is 0 Å². The Labute approximate surface area is 114 Å². The Hall–Kier alpha value is -1.39. The Morgan fingerprint density at radius 3 is 2.89 bits per heavy atom. The summed E-state index contributed by atoms with van der Waals surface area (Å²) in [6.07, 6.45) is 4.00. The van der Waals surface area contributed by atoms with E-state index in [0.717, 1.165) is 31.4 Å². The largest absolute Gasteiger partial charge is 0.378 e. The fourth-order valence-electron chi connectivity index (χ4n) is 2.32. The van der Waals surface area contributed by atoms with Crippen molar-refractivity contribution in [3.8, 4) is 0 Å². The minimum Gasteiger partial charge on any atom is -0.378 e. The molecule has 0 bridgehead atoms. The molecule has 1 amide bonds. The van der Waals surface area contributed by atoms with Gasteiger partial charge in [0.2, 0.25) is 5.91 Å². The third-order valence-electron chi connectivity index (χ3n) is 3.42. The van der Waals surface area contributed by atoms with Gasteiger partial charge in [-0.1, -0.05) is 30.3 Å². The van der Waals surface area contributed by atoms with E-state index < -0.39 is 6.04 Å². The van der Waals surface area contributed by atoms with Gasteiger partial charge in [0.15, 0.2) is 0 Å². The maximum atomic E-state index is 11.8. The van der Waals surface area contributed by atoms with Crippen molar-refractivity contribution in [1.29, 1.82) is 0 Å². The average molecular weight is 262 g/mol. The monoisotopic (exact) mass is 262 g/mol. The van der Waals surface area contributed by atoms with Gasteiger partial charge in [-0.3, -0.25) is 4.79 Å². The lowest BCUT2D eigenvalue weighted by atomic mass is 10.1. The summed E-state index contributed by atoms with van der Waals surface area (Å²) < 4.78 is 5.51. The van der Waals surface area contributed by atoms with E-state index >= 15 is 0 Å². The first-order chi connectivity index (χ1) is 9.25. The van der Waals surface area contributed by atoms with Crippen LogP contribution in [-0.4, -0.2) is 31.2 Å². The van der Waals surface area contributed by atoms with Crippen LogP contribution in [0.1, 0.15) is 24.8 Å². The summed E-state index contributed by atoms with van der Waals surface area (Å²) in [6, 6.07) is 9.36. The fraction of sp³-hybridized carbons (Fsp3) is 0.533. The molecule has 1 aromatic carbocycles. The van der Waals surface area contributed by atoms with E-state index in [0.29, 0.717) is 19.1 Å². The van der Waals surface area contributed by atoms with Crippen molar-refractivity contribution in [2.45, 2.75) is 37.8 Å². The lowest BCUT2D eigenvalue weighted by molar-refractivity contribution is -0.122. The molecule has 0 spiro atoms. The number of hydrogen-bond donors (Lipinski definition) is 2. The second kappa shape index (κ2) is 7.26. The number of rotatable bonds is 6. The van der Waals surface area contributed by atoms with E-state index in [1.54, 1.807) is 0 Å². The summed E-state index contributed by atoms with van der Waals surface area (Å²) in [5.74, 6) is -0.0816. The molecule has 1 fully saturated rings. The molecule has 1 aromatic rings. The molecule has 1 heterocycles. The predicted octanol–water partition coefficient (Wildman–Crippen LogP) is 1.24. The predicted molar refractivity (Wildman–Crippen MR) is 74.7 cm³/mol. The highest BCUT2D eigenvalue weighted by Gasteiger charge is 2.17. The van der Waals surface area contributed by atoms with Crippen LogP contribution in [-0.2, 0) is 16.0 Å². The minimum atomic E-state index is -0.480. The first kappa shape index (κ1) is 14.0. The molecule has 1 unspecified atom stereocenters. The maximum Gasteiger partial charge on any atom is 0.237 e. The third kappa shape index (κ3) is 4.65. The van der Waals surface area contributed by atoms with Crippen LogP contribution in [0.15, 0.2) is 30.3 Å². The van der Waals surface area contributed by atoms with Gasteiger partial charge in [0.05, 0.1) is 12.1 Å². The van der Waals surface area contributed by atoms with Crippen LogP contribution >= 0.6 is 0 Å². The normalized spacial score (nSPS) is 20.2. The van der Waals surface area contributed by atoms with Gasteiger partial charge in [0.25, 0.3) is 0 Å². The van der Waals surface area contributed by atoms with E-state index in [1.807, 2.05) is 30.3 Å². The highest BCUT2D eigenvalue weighted by atomic mass is 16.5. The molecule has 3 N–H and O–H groups in total. The lowest BCUT2D eigenvalue weighted by Gasteiger charge is -2.14. The zero-order valence-electron chi connectivity index (χ0n) is 11.2. The summed E-state index contributed by atoms with van der Waals surface area (Å²) in [5.41, 5.74) is 6.99. The summed E-state index contributed by atoms with van der Waals surface area (Å²) in [7, 11) is 0. The Bertz CT molecular complexity index is 388. The van der Waals surface area contributed by atoms with Gasteiger partial charge in [-0.2, -0.15) is 0 Å². The van der Waals surface area contributed by atoms with Crippen molar-refractivity contribution >= 4 is 5.91 Å². The Balaban J connectivity index is 1.67. The molecule has 104 valence electrons. The van der Waals surface area contributed by atoms with E-state index in [2.05, 4.69) is 5.32 Å². The average Bonchev–Trinajstić information content (AvgIpc) is 2.93.